The van der Waals surface area contributed by atoms with E-state index in [1.54, 1.807) is 11.8 Å². The molecule has 110 valence electrons. The molecule has 6 heteroatoms. The molecule has 1 aliphatic heterocycles. The van der Waals surface area contributed by atoms with E-state index in [4.69, 9.17) is 16.3 Å². The van der Waals surface area contributed by atoms with Crippen molar-refractivity contribution in [2.75, 3.05) is 33.2 Å². The van der Waals surface area contributed by atoms with E-state index in [-0.39, 0.29) is 10.9 Å². The van der Waals surface area contributed by atoms with Crippen molar-refractivity contribution in [3.05, 3.63) is 29.0 Å². The third-order valence-electron chi connectivity index (χ3n) is 3.36. The van der Waals surface area contributed by atoms with Gasteiger partial charge in [-0.25, -0.2) is 4.39 Å². The fourth-order valence-electron chi connectivity index (χ4n) is 2.10. The molecular formula is C14H18ClFN2O2. The molecule has 0 radical (unpaired) electrons. The third kappa shape index (κ3) is 3.61. The average molecular weight is 301 g/mol. The summed E-state index contributed by atoms with van der Waals surface area (Å²) in [5.41, 5.74) is 0. The smallest absolute Gasteiger partial charge is 0.263 e. The summed E-state index contributed by atoms with van der Waals surface area (Å²) in [6, 6.07) is 3.86. The van der Waals surface area contributed by atoms with Gasteiger partial charge in [0.05, 0.1) is 5.02 Å². The number of carbonyl (C=O) groups is 1. The number of benzene rings is 1. The molecule has 1 aliphatic rings. The number of halogens is 2. The predicted molar refractivity (Wildman–Crippen MR) is 75.6 cm³/mol. The summed E-state index contributed by atoms with van der Waals surface area (Å²) in [6.07, 6.45) is -0.638. The number of nitrogens with zero attached hydrogens (tertiary/aromatic N) is 2. The minimum atomic E-state index is -0.638. The van der Waals surface area contributed by atoms with Crippen LogP contribution in [0.5, 0.6) is 5.75 Å². The summed E-state index contributed by atoms with van der Waals surface area (Å²) < 4.78 is 18.5. The maximum Gasteiger partial charge on any atom is 0.263 e. The van der Waals surface area contributed by atoms with Gasteiger partial charge in [0.15, 0.2) is 6.10 Å². The van der Waals surface area contributed by atoms with Crippen LogP contribution in [0.3, 0.4) is 0 Å². The molecule has 0 N–H and O–H groups in total. The van der Waals surface area contributed by atoms with Crippen molar-refractivity contribution in [1.82, 2.24) is 9.80 Å². The van der Waals surface area contributed by atoms with Crippen molar-refractivity contribution in [1.29, 1.82) is 0 Å². The Kier molecular flexibility index (Phi) is 4.83. The summed E-state index contributed by atoms with van der Waals surface area (Å²) in [7, 11) is 2.03. The zero-order valence-corrected chi connectivity index (χ0v) is 12.4. The lowest BCUT2D eigenvalue weighted by atomic mass is 10.2. The largest absolute Gasteiger partial charge is 0.479 e. The van der Waals surface area contributed by atoms with E-state index < -0.39 is 11.9 Å². The molecule has 1 atom stereocenters. The van der Waals surface area contributed by atoms with Crippen molar-refractivity contribution >= 4 is 17.5 Å². The van der Waals surface area contributed by atoms with Crippen LogP contribution in [0.4, 0.5) is 4.39 Å². The molecule has 20 heavy (non-hydrogen) atoms. The lowest BCUT2D eigenvalue weighted by Gasteiger charge is -2.33. The van der Waals surface area contributed by atoms with Crippen molar-refractivity contribution < 1.29 is 13.9 Å². The maximum atomic E-state index is 13.0. The fourth-order valence-corrected chi connectivity index (χ4v) is 2.31. The van der Waals surface area contributed by atoms with Gasteiger partial charge in [-0.15, -0.1) is 0 Å². The maximum absolute atomic E-state index is 13.0. The summed E-state index contributed by atoms with van der Waals surface area (Å²) in [5, 5.41) is 0.169. The Bertz CT molecular complexity index is 490. The van der Waals surface area contributed by atoms with Crippen molar-refractivity contribution in [2.24, 2.45) is 0 Å². The molecule has 0 spiro atoms. The number of rotatable bonds is 3. The standard InChI is InChI=1S/C14H18ClFN2O2/c1-10(14(19)18-7-5-17(2)6-8-18)20-13-4-3-11(16)9-12(13)15/h3-4,9-10H,5-8H2,1-2H3/t10-/m1/s1. The van der Waals surface area contributed by atoms with Crippen LogP contribution in [-0.2, 0) is 4.79 Å². The Hall–Kier alpha value is -1.33. The van der Waals surface area contributed by atoms with Gasteiger partial charge in [0.25, 0.3) is 5.91 Å². The molecule has 1 amide bonds. The van der Waals surface area contributed by atoms with Crippen molar-refractivity contribution in [3.63, 3.8) is 0 Å². The van der Waals surface area contributed by atoms with Crippen LogP contribution in [-0.4, -0.2) is 55.0 Å². The first kappa shape index (κ1) is 15.1. The van der Waals surface area contributed by atoms with Crippen molar-refractivity contribution in [2.45, 2.75) is 13.0 Å². The van der Waals surface area contributed by atoms with Crippen LogP contribution in [0, 0.1) is 5.82 Å². The number of hydrogen-bond donors (Lipinski definition) is 0. The molecule has 0 aliphatic carbocycles. The average Bonchev–Trinajstić information content (AvgIpc) is 2.42. The quantitative estimate of drug-likeness (QED) is 0.856. The normalized spacial score (nSPS) is 17.9. The molecule has 0 bridgehead atoms. The number of amides is 1. The van der Waals surface area contributed by atoms with Crippen molar-refractivity contribution in [3.8, 4) is 5.75 Å². The molecule has 0 unspecified atom stereocenters. The SMILES string of the molecule is C[C@@H](Oc1ccc(F)cc1Cl)C(=O)N1CCN(C)CC1. The number of piperazine rings is 1. The molecule has 0 saturated carbocycles. The molecule has 0 aromatic heterocycles. The Morgan fingerprint density at radius 3 is 2.60 bits per heavy atom. The minimum absolute atomic E-state index is 0.0708. The van der Waals surface area contributed by atoms with Crippen LogP contribution >= 0.6 is 11.6 Å². The highest BCUT2D eigenvalue weighted by atomic mass is 35.5. The molecule has 4 nitrogen and oxygen atoms in total. The van der Waals surface area contributed by atoms with Gasteiger partial charge in [-0.2, -0.15) is 0 Å². The van der Waals surface area contributed by atoms with Gasteiger partial charge in [-0.1, -0.05) is 11.6 Å². The minimum Gasteiger partial charge on any atom is -0.479 e. The summed E-state index contributed by atoms with van der Waals surface area (Å²) in [4.78, 5) is 16.2. The van der Waals surface area contributed by atoms with E-state index in [2.05, 4.69) is 4.90 Å². The monoisotopic (exact) mass is 300 g/mol. The third-order valence-corrected chi connectivity index (χ3v) is 3.66. The second-order valence-corrected chi connectivity index (χ2v) is 5.37. The zero-order valence-electron chi connectivity index (χ0n) is 11.6. The van der Waals surface area contributed by atoms with Crippen LogP contribution < -0.4 is 4.74 Å². The number of ether oxygens (including phenoxy) is 1. The van der Waals surface area contributed by atoms with Gasteiger partial charge in [-0.3, -0.25) is 4.79 Å². The van der Waals surface area contributed by atoms with Gasteiger partial charge >= 0.3 is 0 Å². The van der Waals surface area contributed by atoms with Crippen LogP contribution in [0.15, 0.2) is 18.2 Å². The molecule has 1 aromatic rings. The number of likely N-dealkylation sites (N-methyl/N-ethyl adjacent to an activating group) is 1. The first-order valence-corrected chi connectivity index (χ1v) is 6.94. The van der Waals surface area contributed by atoms with E-state index in [9.17, 15) is 9.18 Å². The van der Waals surface area contributed by atoms with E-state index >= 15 is 0 Å². The van der Waals surface area contributed by atoms with Crippen LogP contribution in [0.25, 0.3) is 0 Å². The number of hydrogen-bond acceptors (Lipinski definition) is 3. The van der Waals surface area contributed by atoms with Gasteiger partial charge < -0.3 is 14.5 Å². The number of carbonyl (C=O) groups excluding carboxylic acids is 1. The first-order chi connectivity index (χ1) is 9.47. The van der Waals surface area contributed by atoms with E-state index in [1.165, 1.54) is 18.2 Å². The summed E-state index contributed by atoms with van der Waals surface area (Å²) >= 11 is 5.89. The Morgan fingerprint density at radius 1 is 1.35 bits per heavy atom. The summed E-state index contributed by atoms with van der Waals surface area (Å²) in [6.45, 7) is 4.78. The van der Waals surface area contributed by atoms with E-state index in [0.29, 0.717) is 18.8 Å². The summed E-state index contributed by atoms with van der Waals surface area (Å²) in [5.74, 6) is -0.179. The van der Waals surface area contributed by atoms with Crippen LogP contribution in [0.1, 0.15) is 6.92 Å². The zero-order chi connectivity index (χ0) is 14.7. The molecule has 1 heterocycles. The second-order valence-electron chi connectivity index (χ2n) is 4.96. The molecule has 2 rings (SSSR count). The van der Waals surface area contributed by atoms with Gasteiger partial charge in [-0.05, 0) is 32.2 Å². The lowest BCUT2D eigenvalue weighted by Crippen LogP contribution is -2.50. The van der Waals surface area contributed by atoms with Gasteiger partial charge in [0, 0.05) is 26.2 Å². The predicted octanol–water partition coefficient (Wildman–Crippen LogP) is 2.02. The first-order valence-electron chi connectivity index (χ1n) is 6.56. The topological polar surface area (TPSA) is 32.8 Å². The second kappa shape index (κ2) is 6.41. The Labute approximate surface area is 123 Å². The highest BCUT2D eigenvalue weighted by Gasteiger charge is 2.25. The molecule has 1 saturated heterocycles. The highest BCUT2D eigenvalue weighted by Crippen LogP contribution is 2.26. The Balaban J connectivity index is 1.97. The lowest BCUT2D eigenvalue weighted by molar-refractivity contribution is -0.139. The van der Waals surface area contributed by atoms with Gasteiger partial charge in [0.1, 0.15) is 11.6 Å². The fraction of sp³-hybridized carbons (Fsp3) is 0.500. The molecular weight excluding hydrogens is 283 g/mol. The van der Waals surface area contributed by atoms with E-state index in [0.717, 1.165) is 13.1 Å². The highest BCUT2D eigenvalue weighted by molar-refractivity contribution is 6.32. The van der Waals surface area contributed by atoms with E-state index in [1.807, 2.05) is 7.05 Å². The Morgan fingerprint density at radius 2 is 2.00 bits per heavy atom. The van der Waals surface area contributed by atoms with Gasteiger partial charge in [0.2, 0.25) is 0 Å². The van der Waals surface area contributed by atoms with Crippen LogP contribution in [0.2, 0.25) is 5.02 Å². The molecule has 1 aromatic carbocycles. The molecule has 1 fully saturated rings.